The van der Waals surface area contributed by atoms with Crippen LogP contribution in [0.3, 0.4) is 0 Å². The van der Waals surface area contributed by atoms with Gasteiger partial charge in [-0.3, -0.25) is 14.7 Å². The number of piperazine rings is 1. The van der Waals surface area contributed by atoms with Gasteiger partial charge >= 0.3 is 0 Å². The predicted molar refractivity (Wildman–Crippen MR) is 142 cm³/mol. The number of fused-ring (bicyclic) bond motifs is 3. The maximum Gasteiger partial charge on any atom is 0.243 e. The van der Waals surface area contributed by atoms with E-state index in [1.54, 1.807) is 24.5 Å². The Labute approximate surface area is 208 Å². The zero-order valence-electron chi connectivity index (χ0n) is 20.3. The molecular weight excluding hydrogens is 432 g/mol. The number of carbonyl (C=O) groups excluding carboxylic acids is 1. The van der Waals surface area contributed by atoms with E-state index in [4.69, 9.17) is 0 Å². The monoisotopic (exact) mass is 466 g/mol. The summed E-state index contributed by atoms with van der Waals surface area (Å²) in [5, 5.41) is 2.98. The third kappa shape index (κ3) is 5.69. The highest BCUT2D eigenvalue weighted by Crippen LogP contribution is 2.46. The van der Waals surface area contributed by atoms with Crippen molar-refractivity contribution in [2.75, 3.05) is 39.3 Å². The normalized spacial score (nSPS) is 16.3. The molecule has 2 aromatic carbocycles. The maximum atomic E-state index is 12.0. The van der Waals surface area contributed by atoms with Gasteiger partial charge in [0.05, 0.1) is 6.04 Å². The number of rotatable bonds is 9. The molecule has 5 heteroatoms. The van der Waals surface area contributed by atoms with E-state index < -0.39 is 0 Å². The quantitative estimate of drug-likeness (QED) is 0.365. The van der Waals surface area contributed by atoms with E-state index in [2.05, 4.69) is 68.6 Å². The summed E-state index contributed by atoms with van der Waals surface area (Å²) in [5.41, 5.74) is 6.65. The van der Waals surface area contributed by atoms with E-state index >= 15 is 0 Å². The topological polar surface area (TPSA) is 48.5 Å². The van der Waals surface area contributed by atoms with E-state index in [1.165, 1.54) is 28.7 Å². The lowest BCUT2D eigenvalue weighted by Crippen LogP contribution is -2.47. The van der Waals surface area contributed by atoms with Gasteiger partial charge in [0.15, 0.2) is 0 Å². The molecule has 2 heterocycles. The van der Waals surface area contributed by atoms with Crippen LogP contribution in [0.4, 0.5) is 0 Å². The van der Waals surface area contributed by atoms with Crippen LogP contribution in [0.5, 0.6) is 0 Å². The van der Waals surface area contributed by atoms with E-state index in [9.17, 15) is 4.79 Å². The standard InChI is InChI=1S/C30H34N4O/c35-29(15-14-24-9-8-16-31-23-24)32-17-6-1-7-18-33-19-21-34(22-20-33)30-27-12-4-2-10-25(27)26-11-3-5-13-28(26)30/h2-5,8-16,23,30H,1,6-7,17-22H2,(H,32,35)/b15-14-. The van der Waals surface area contributed by atoms with Crippen LogP contribution in [0, 0.1) is 0 Å². The number of hydrogen-bond acceptors (Lipinski definition) is 4. The number of benzene rings is 2. The van der Waals surface area contributed by atoms with Crippen LogP contribution < -0.4 is 5.32 Å². The highest BCUT2D eigenvalue weighted by Gasteiger charge is 2.33. The van der Waals surface area contributed by atoms with Gasteiger partial charge in [-0.2, -0.15) is 0 Å². The first-order chi connectivity index (χ1) is 17.3. The molecule has 1 amide bonds. The Kier molecular flexibility index (Phi) is 7.66. The zero-order chi connectivity index (χ0) is 23.9. The van der Waals surface area contributed by atoms with Gasteiger partial charge in [-0.1, -0.05) is 61.0 Å². The van der Waals surface area contributed by atoms with Gasteiger partial charge in [0.1, 0.15) is 0 Å². The van der Waals surface area contributed by atoms with E-state index in [-0.39, 0.29) is 5.91 Å². The Morgan fingerprint density at radius 1 is 0.886 bits per heavy atom. The summed E-state index contributed by atoms with van der Waals surface area (Å²) >= 11 is 0. The minimum absolute atomic E-state index is 0.0416. The highest BCUT2D eigenvalue weighted by molar-refractivity contribution is 5.91. The number of aromatic nitrogens is 1. The van der Waals surface area contributed by atoms with Gasteiger partial charge in [0, 0.05) is 51.2 Å². The van der Waals surface area contributed by atoms with Crippen LogP contribution in [0.2, 0.25) is 0 Å². The number of nitrogens with one attached hydrogen (secondary N) is 1. The third-order valence-corrected chi connectivity index (χ3v) is 7.13. The van der Waals surface area contributed by atoms with Crippen LogP contribution in [0.15, 0.2) is 79.1 Å². The molecular formula is C30H34N4O. The Bertz CT molecular complexity index is 1110. The molecule has 2 aliphatic rings. The van der Waals surface area contributed by atoms with Crippen molar-refractivity contribution < 1.29 is 4.79 Å². The second kappa shape index (κ2) is 11.4. The lowest BCUT2D eigenvalue weighted by molar-refractivity contribution is -0.116. The molecule has 1 aliphatic heterocycles. The summed E-state index contributed by atoms with van der Waals surface area (Å²) in [5.74, 6) is -0.0416. The van der Waals surface area contributed by atoms with Crippen LogP contribution >= 0.6 is 0 Å². The summed E-state index contributed by atoms with van der Waals surface area (Å²) < 4.78 is 0. The minimum Gasteiger partial charge on any atom is -0.353 e. The first-order valence-electron chi connectivity index (χ1n) is 12.8. The lowest BCUT2D eigenvalue weighted by Gasteiger charge is -2.38. The van der Waals surface area contributed by atoms with Crippen LogP contribution in [0.1, 0.15) is 42.0 Å². The molecule has 0 radical (unpaired) electrons. The fraction of sp³-hybridized carbons (Fsp3) is 0.333. The summed E-state index contributed by atoms with van der Waals surface area (Å²) in [4.78, 5) is 21.3. The molecule has 1 aromatic heterocycles. The fourth-order valence-corrected chi connectivity index (χ4v) is 5.32. The van der Waals surface area contributed by atoms with Gasteiger partial charge in [-0.05, 0) is 59.3 Å². The minimum atomic E-state index is -0.0416. The predicted octanol–water partition coefficient (Wildman–Crippen LogP) is 4.77. The molecule has 1 fully saturated rings. The Morgan fingerprint density at radius 3 is 2.29 bits per heavy atom. The number of unbranched alkanes of at least 4 members (excludes halogenated alkanes) is 2. The van der Waals surface area contributed by atoms with Crippen molar-refractivity contribution in [3.05, 3.63) is 95.8 Å². The molecule has 1 aliphatic carbocycles. The highest BCUT2D eigenvalue weighted by atomic mass is 16.1. The molecule has 1 N–H and O–H groups in total. The second-order valence-corrected chi connectivity index (χ2v) is 9.43. The van der Waals surface area contributed by atoms with E-state index in [1.807, 2.05) is 12.1 Å². The molecule has 0 bridgehead atoms. The van der Waals surface area contributed by atoms with Crippen molar-refractivity contribution >= 4 is 12.0 Å². The number of amides is 1. The number of pyridine rings is 1. The van der Waals surface area contributed by atoms with Gasteiger partial charge < -0.3 is 10.2 Å². The smallest absolute Gasteiger partial charge is 0.243 e. The summed E-state index contributed by atoms with van der Waals surface area (Å²) in [6.45, 7) is 6.32. The number of hydrogen-bond donors (Lipinski definition) is 1. The molecule has 180 valence electrons. The van der Waals surface area contributed by atoms with Crippen LogP contribution in [0.25, 0.3) is 17.2 Å². The third-order valence-electron chi connectivity index (χ3n) is 7.13. The number of nitrogens with zero attached hydrogens (tertiary/aromatic N) is 3. The summed E-state index contributed by atoms with van der Waals surface area (Å²) in [6.07, 6.45) is 10.2. The maximum absolute atomic E-state index is 12.0. The second-order valence-electron chi connectivity index (χ2n) is 9.43. The molecule has 0 atom stereocenters. The van der Waals surface area contributed by atoms with Crippen LogP contribution in [-0.4, -0.2) is 60.0 Å². The van der Waals surface area contributed by atoms with Gasteiger partial charge in [0.25, 0.3) is 0 Å². The van der Waals surface area contributed by atoms with Crippen molar-refractivity contribution in [3.8, 4) is 11.1 Å². The first kappa shape index (κ1) is 23.5. The zero-order valence-corrected chi connectivity index (χ0v) is 20.3. The van der Waals surface area contributed by atoms with Crippen molar-refractivity contribution in [2.24, 2.45) is 0 Å². The molecule has 5 nitrogen and oxygen atoms in total. The first-order valence-corrected chi connectivity index (χ1v) is 12.8. The molecule has 35 heavy (non-hydrogen) atoms. The van der Waals surface area contributed by atoms with Crippen molar-refractivity contribution in [3.63, 3.8) is 0 Å². The summed E-state index contributed by atoms with van der Waals surface area (Å²) in [7, 11) is 0. The molecule has 3 aromatic rings. The molecule has 0 unspecified atom stereocenters. The molecule has 0 saturated carbocycles. The molecule has 5 rings (SSSR count). The molecule has 0 spiro atoms. The van der Waals surface area contributed by atoms with Gasteiger partial charge in [0.2, 0.25) is 5.91 Å². The lowest BCUT2D eigenvalue weighted by atomic mass is 10.0. The van der Waals surface area contributed by atoms with Crippen molar-refractivity contribution in [2.45, 2.75) is 25.3 Å². The number of carbonyl (C=O) groups is 1. The van der Waals surface area contributed by atoms with Gasteiger partial charge in [-0.15, -0.1) is 0 Å². The van der Waals surface area contributed by atoms with Crippen LogP contribution in [-0.2, 0) is 4.79 Å². The van der Waals surface area contributed by atoms with Crippen molar-refractivity contribution in [1.82, 2.24) is 20.1 Å². The van der Waals surface area contributed by atoms with E-state index in [0.29, 0.717) is 6.04 Å². The SMILES string of the molecule is O=C(/C=C\c1cccnc1)NCCCCCN1CCN(C2c3ccccc3-c3ccccc32)CC1. The average molecular weight is 467 g/mol. The Balaban J connectivity index is 1.01. The largest absolute Gasteiger partial charge is 0.353 e. The van der Waals surface area contributed by atoms with E-state index in [0.717, 1.165) is 57.7 Å². The fourth-order valence-electron chi connectivity index (χ4n) is 5.32. The molecule has 1 saturated heterocycles. The average Bonchev–Trinajstić information content (AvgIpc) is 3.25. The Morgan fingerprint density at radius 2 is 1.60 bits per heavy atom. The Hall–Kier alpha value is -3.28. The summed E-state index contributed by atoms with van der Waals surface area (Å²) in [6, 6.07) is 22.0. The van der Waals surface area contributed by atoms with Crippen molar-refractivity contribution in [1.29, 1.82) is 0 Å². The van der Waals surface area contributed by atoms with Gasteiger partial charge in [-0.25, -0.2) is 0 Å².